The first-order valence-corrected chi connectivity index (χ1v) is 11.7. The van der Waals surface area contributed by atoms with Gasteiger partial charge in [-0.1, -0.05) is 30.3 Å². The molecule has 1 unspecified atom stereocenters. The van der Waals surface area contributed by atoms with Gasteiger partial charge in [-0.15, -0.1) is 12.6 Å². The Balaban J connectivity index is 1.66. The summed E-state index contributed by atoms with van der Waals surface area (Å²) < 4.78 is 5.54. The van der Waals surface area contributed by atoms with Gasteiger partial charge in [0.1, 0.15) is 5.75 Å². The third kappa shape index (κ3) is 4.73. The number of hydrogen-bond donors (Lipinski definition) is 2. The van der Waals surface area contributed by atoms with E-state index in [4.69, 9.17) is 4.74 Å². The molecule has 3 aromatic rings. The zero-order valence-corrected chi connectivity index (χ0v) is 20.5. The summed E-state index contributed by atoms with van der Waals surface area (Å²) in [7, 11) is 1.69. The second kappa shape index (κ2) is 10.2. The fourth-order valence-corrected chi connectivity index (χ4v) is 4.72. The molecule has 1 heterocycles. The summed E-state index contributed by atoms with van der Waals surface area (Å²) in [6, 6.07) is 23.7. The highest BCUT2D eigenvalue weighted by Gasteiger charge is 2.43. The number of allylic oxidation sites excluding steroid dienone is 2. The third-order valence-electron chi connectivity index (χ3n) is 6.26. The lowest BCUT2D eigenvalue weighted by Crippen LogP contribution is -2.30. The maximum atomic E-state index is 12.4. The largest absolute Gasteiger partial charge is 0.497 e. The molecule has 1 atom stereocenters. The first-order valence-electron chi connectivity index (χ1n) is 11.3. The number of hydrogen-bond acceptors (Lipinski definition) is 5. The van der Waals surface area contributed by atoms with E-state index >= 15 is 0 Å². The lowest BCUT2D eigenvalue weighted by atomic mass is 9.76. The SMILES string of the molecule is CCN1C(=CC=NNC(=O)c2ccc(S)cc2)C(C)(Cc2ccccc2)c2cc(OC)ccc21. The quantitative estimate of drug-likeness (QED) is 0.267. The second-order valence-electron chi connectivity index (χ2n) is 8.44. The molecule has 1 aliphatic heterocycles. The van der Waals surface area contributed by atoms with Crippen molar-refractivity contribution in [2.24, 2.45) is 5.10 Å². The number of benzene rings is 3. The fraction of sp³-hybridized carbons (Fsp3) is 0.214. The Bertz CT molecular complexity index is 1220. The lowest BCUT2D eigenvalue weighted by Gasteiger charge is -2.30. The van der Waals surface area contributed by atoms with Gasteiger partial charge in [-0.2, -0.15) is 5.10 Å². The molecule has 1 amide bonds. The van der Waals surface area contributed by atoms with E-state index in [2.05, 4.69) is 78.3 Å². The van der Waals surface area contributed by atoms with Crippen LogP contribution in [0.1, 0.15) is 35.3 Å². The van der Waals surface area contributed by atoms with E-state index in [1.807, 2.05) is 18.2 Å². The molecule has 0 fully saturated rings. The molecular formula is C28H29N3O2S. The number of carbonyl (C=O) groups excluding carboxylic acids is 1. The Morgan fingerprint density at radius 3 is 2.53 bits per heavy atom. The summed E-state index contributed by atoms with van der Waals surface area (Å²) in [6.07, 6.45) is 4.48. The van der Waals surface area contributed by atoms with Crippen LogP contribution in [0.2, 0.25) is 0 Å². The summed E-state index contributed by atoms with van der Waals surface area (Å²) in [5.41, 5.74) is 7.61. The van der Waals surface area contributed by atoms with Crippen molar-refractivity contribution in [3.8, 4) is 5.75 Å². The number of nitrogens with zero attached hydrogens (tertiary/aromatic N) is 2. The van der Waals surface area contributed by atoms with Crippen LogP contribution in [0.15, 0.2) is 94.6 Å². The molecule has 0 spiro atoms. The van der Waals surface area contributed by atoms with Crippen molar-refractivity contribution in [2.75, 3.05) is 18.6 Å². The number of rotatable bonds is 7. The molecule has 4 rings (SSSR count). The van der Waals surface area contributed by atoms with E-state index in [0.29, 0.717) is 5.56 Å². The van der Waals surface area contributed by atoms with Gasteiger partial charge in [-0.05, 0) is 79.9 Å². The van der Waals surface area contributed by atoms with E-state index in [1.54, 1.807) is 37.6 Å². The molecule has 0 bridgehead atoms. The molecule has 1 N–H and O–H groups in total. The van der Waals surface area contributed by atoms with Gasteiger partial charge in [0.2, 0.25) is 0 Å². The summed E-state index contributed by atoms with van der Waals surface area (Å²) >= 11 is 4.26. The first kappa shape index (κ1) is 23.6. The minimum Gasteiger partial charge on any atom is -0.497 e. The van der Waals surface area contributed by atoms with Crippen LogP contribution in [0.25, 0.3) is 0 Å². The van der Waals surface area contributed by atoms with Crippen LogP contribution < -0.4 is 15.1 Å². The van der Waals surface area contributed by atoms with Crippen molar-refractivity contribution >= 4 is 30.4 Å². The highest BCUT2D eigenvalue weighted by molar-refractivity contribution is 7.80. The van der Waals surface area contributed by atoms with Crippen LogP contribution in [0.4, 0.5) is 5.69 Å². The van der Waals surface area contributed by atoms with Crippen molar-refractivity contribution in [2.45, 2.75) is 30.6 Å². The Morgan fingerprint density at radius 1 is 1.12 bits per heavy atom. The van der Waals surface area contributed by atoms with Crippen LogP contribution in [-0.4, -0.2) is 25.8 Å². The number of nitrogens with one attached hydrogen (secondary N) is 1. The molecule has 0 radical (unpaired) electrons. The third-order valence-corrected chi connectivity index (χ3v) is 6.56. The van der Waals surface area contributed by atoms with Gasteiger partial charge in [0.05, 0.1) is 7.11 Å². The predicted molar refractivity (Wildman–Crippen MR) is 141 cm³/mol. The fourth-order valence-electron chi connectivity index (χ4n) is 4.57. The molecule has 5 nitrogen and oxygen atoms in total. The van der Waals surface area contributed by atoms with Crippen LogP contribution in [-0.2, 0) is 11.8 Å². The van der Waals surface area contributed by atoms with Gasteiger partial charge >= 0.3 is 0 Å². The summed E-state index contributed by atoms with van der Waals surface area (Å²) in [5.74, 6) is 0.574. The average molecular weight is 472 g/mol. The molecule has 3 aromatic carbocycles. The monoisotopic (exact) mass is 471 g/mol. The highest BCUT2D eigenvalue weighted by Crippen LogP contribution is 2.50. The van der Waals surface area contributed by atoms with Gasteiger partial charge in [0.15, 0.2) is 0 Å². The van der Waals surface area contributed by atoms with E-state index < -0.39 is 0 Å². The minimum atomic E-state index is -0.292. The number of hydrazone groups is 1. The van der Waals surface area contributed by atoms with Crippen molar-refractivity contribution in [1.82, 2.24) is 5.43 Å². The number of anilines is 1. The Morgan fingerprint density at radius 2 is 1.85 bits per heavy atom. The first-order chi connectivity index (χ1) is 16.5. The van der Waals surface area contributed by atoms with Gasteiger partial charge in [0, 0.05) is 40.0 Å². The number of fused-ring (bicyclic) bond motifs is 1. The summed E-state index contributed by atoms with van der Waals surface area (Å²) in [4.78, 5) is 15.5. The van der Waals surface area contributed by atoms with Crippen LogP contribution in [0, 0.1) is 0 Å². The van der Waals surface area contributed by atoms with Gasteiger partial charge in [-0.3, -0.25) is 4.79 Å². The average Bonchev–Trinajstić information content (AvgIpc) is 3.09. The van der Waals surface area contributed by atoms with Crippen molar-refractivity contribution < 1.29 is 9.53 Å². The van der Waals surface area contributed by atoms with E-state index in [1.165, 1.54) is 11.1 Å². The van der Waals surface area contributed by atoms with Crippen LogP contribution in [0.5, 0.6) is 5.75 Å². The molecule has 0 aliphatic carbocycles. The topological polar surface area (TPSA) is 53.9 Å². The highest BCUT2D eigenvalue weighted by atomic mass is 32.1. The van der Waals surface area contributed by atoms with Gasteiger partial charge in [-0.25, -0.2) is 5.43 Å². The molecular weight excluding hydrogens is 442 g/mol. The summed E-state index contributed by atoms with van der Waals surface area (Å²) in [5, 5.41) is 4.20. The number of amides is 1. The molecule has 34 heavy (non-hydrogen) atoms. The van der Waals surface area contributed by atoms with Crippen molar-refractivity contribution in [1.29, 1.82) is 0 Å². The number of thiol groups is 1. The maximum absolute atomic E-state index is 12.4. The van der Waals surface area contributed by atoms with Gasteiger partial charge < -0.3 is 9.64 Å². The summed E-state index contributed by atoms with van der Waals surface area (Å²) in [6.45, 7) is 5.21. The minimum absolute atomic E-state index is 0.262. The predicted octanol–water partition coefficient (Wildman–Crippen LogP) is 5.62. The molecule has 0 saturated carbocycles. The van der Waals surface area contributed by atoms with Crippen LogP contribution in [0.3, 0.4) is 0 Å². The van der Waals surface area contributed by atoms with Gasteiger partial charge in [0.25, 0.3) is 5.91 Å². The smallest absolute Gasteiger partial charge is 0.271 e. The Kier molecular flexibility index (Phi) is 7.08. The standard InChI is InChI=1S/C28H29N3O2S/c1-4-31-25-15-12-22(33-3)18-24(25)28(2,19-20-8-6-5-7-9-20)26(31)16-17-29-30-27(32)21-10-13-23(34)14-11-21/h5-18,34H,4,19H2,1-3H3,(H,30,32). The number of likely N-dealkylation sites (N-methyl/N-ethyl adjacent to an activating group) is 1. The van der Waals surface area contributed by atoms with Crippen LogP contribution >= 0.6 is 12.6 Å². The van der Waals surface area contributed by atoms with E-state index in [-0.39, 0.29) is 11.3 Å². The van der Waals surface area contributed by atoms with E-state index in [9.17, 15) is 4.79 Å². The van der Waals surface area contributed by atoms with Crippen molar-refractivity contribution in [3.63, 3.8) is 0 Å². The molecule has 0 aromatic heterocycles. The maximum Gasteiger partial charge on any atom is 0.271 e. The number of ether oxygens (including phenoxy) is 1. The lowest BCUT2D eigenvalue weighted by molar-refractivity contribution is 0.0955. The normalized spacial score (nSPS) is 18.4. The second-order valence-corrected chi connectivity index (χ2v) is 8.96. The molecule has 1 aliphatic rings. The van der Waals surface area contributed by atoms with Crippen molar-refractivity contribution in [3.05, 3.63) is 101 Å². The number of carbonyl (C=O) groups is 1. The Labute approximate surface area is 206 Å². The molecule has 6 heteroatoms. The zero-order chi connectivity index (χ0) is 24.1. The Hall–Kier alpha value is -3.51. The van der Waals surface area contributed by atoms with E-state index in [0.717, 1.165) is 35.0 Å². The zero-order valence-electron chi connectivity index (χ0n) is 19.7. The molecule has 0 saturated heterocycles. The molecule has 174 valence electrons. The number of methoxy groups -OCH3 is 1.